The molecule has 0 aromatic heterocycles. The maximum Gasteiger partial charge on any atom is 0.335 e. The second kappa shape index (κ2) is 10.7. The first-order valence-electron chi connectivity index (χ1n) is 6.28. The van der Waals surface area contributed by atoms with Gasteiger partial charge in [0.15, 0.2) is 12.4 Å². The van der Waals surface area contributed by atoms with E-state index in [0.717, 1.165) is 13.1 Å². The topological polar surface area (TPSA) is 159 Å². The highest BCUT2D eigenvalue weighted by Crippen LogP contribution is 2.03. The predicted octanol–water partition coefficient (Wildman–Crippen LogP) is -3.02. The van der Waals surface area contributed by atoms with Crippen molar-refractivity contribution in [2.75, 3.05) is 13.1 Å². The van der Waals surface area contributed by atoms with Crippen molar-refractivity contribution in [3.63, 3.8) is 0 Å². The van der Waals surface area contributed by atoms with Crippen molar-refractivity contribution in [2.45, 2.75) is 43.7 Å². The maximum absolute atomic E-state index is 10.1. The largest absolute Gasteiger partial charge is 0.479 e. The van der Waals surface area contributed by atoms with Crippen LogP contribution in [0.4, 0.5) is 0 Å². The Kier molecular flexibility index (Phi) is 10.1. The highest BCUT2D eigenvalue weighted by atomic mass is 16.4. The number of carbonyl (C=O) groups is 2. The molecule has 7 N–H and O–H groups in total. The first kappa shape index (κ1) is 18.9. The predicted molar refractivity (Wildman–Crippen MR) is 67.6 cm³/mol. The Morgan fingerprint density at radius 3 is 1.85 bits per heavy atom. The fourth-order valence-electron chi connectivity index (χ4n) is 1.40. The summed E-state index contributed by atoms with van der Waals surface area (Å²) in [5, 5.41) is 43.2. The van der Waals surface area contributed by atoms with Crippen LogP contribution in [0.2, 0.25) is 0 Å². The van der Waals surface area contributed by atoms with E-state index >= 15 is 0 Å². The van der Waals surface area contributed by atoms with E-state index in [4.69, 9.17) is 25.5 Å². The molecule has 0 radical (unpaired) electrons. The van der Waals surface area contributed by atoms with Crippen LogP contribution in [0, 0.1) is 0 Å². The number of nitrogens with one attached hydrogen (secondary N) is 2. The van der Waals surface area contributed by atoms with Crippen LogP contribution >= 0.6 is 0 Å². The number of hydrogen-bond donors (Lipinski definition) is 7. The van der Waals surface area contributed by atoms with Gasteiger partial charge in [-0.25, -0.2) is 4.79 Å². The van der Waals surface area contributed by atoms with Gasteiger partial charge in [0, 0.05) is 13.1 Å². The van der Waals surface area contributed by atoms with E-state index < -0.39 is 30.4 Å². The molecule has 1 aliphatic rings. The Hall–Kier alpha value is -1.10. The van der Waals surface area contributed by atoms with Gasteiger partial charge >= 0.3 is 5.97 Å². The van der Waals surface area contributed by atoms with E-state index in [1.54, 1.807) is 0 Å². The molecule has 0 spiro atoms. The van der Waals surface area contributed by atoms with Crippen LogP contribution in [-0.2, 0) is 9.59 Å². The number of hydrazine groups is 1. The SMILES string of the molecule is C1CCNNCC1.O=CC(O)C(O)C(O)C(O)C(=O)O. The number of rotatable bonds is 5. The Labute approximate surface area is 116 Å². The molecule has 0 bridgehead atoms. The molecule has 4 unspecified atom stereocenters. The van der Waals surface area contributed by atoms with Crippen molar-refractivity contribution in [1.29, 1.82) is 0 Å². The summed E-state index contributed by atoms with van der Waals surface area (Å²) in [5.41, 5.74) is 6.19. The summed E-state index contributed by atoms with van der Waals surface area (Å²) in [7, 11) is 0. The first-order valence-corrected chi connectivity index (χ1v) is 6.28. The van der Waals surface area contributed by atoms with Gasteiger partial charge in [-0.05, 0) is 12.8 Å². The van der Waals surface area contributed by atoms with Crippen molar-refractivity contribution in [3.8, 4) is 0 Å². The normalized spacial score (nSPS) is 21.4. The average molecular weight is 294 g/mol. The summed E-state index contributed by atoms with van der Waals surface area (Å²) in [5.74, 6) is -1.76. The zero-order valence-corrected chi connectivity index (χ0v) is 11.0. The molecule has 4 atom stereocenters. The molecule has 1 aliphatic heterocycles. The Balaban J connectivity index is 0.000000428. The molecule has 9 nitrogen and oxygen atoms in total. The number of carbonyl (C=O) groups excluding carboxylic acids is 1. The standard InChI is InChI=1S/C6H10O7.C5H12N2/c7-1-2(8)3(9)4(10)5(11)6(12)13;1-2-4-6-7-5-3-1/h1-5,8-11H,(H,12,13);6-7H,1-5H2. The van der Waals surface area contributed by atoms with Gasteiger partial charge in [-0.3, -0.25) is 10.9 Å². The van der Waals surface area contributed by atoms with E-state index in [9.17, 15) is 9.59 Å². The van der Waals surface area contributed by atoms with E-state index in [1.807, 2.05) is 0 Å². The fourth-order valence-corrected chi connectivity index (χ4v) is 1.40. The molecule has 9 heteroatoms. The molecular weight excluding hydrogens is 272 g/mol. The lowest BCUT2D eigenvalue weighted by atomic mass is 10.0. The number of hydrogen-bond acceptors (Lipinski definition) is 8. The average Bonchev–Trinajstić information content (AvgIpc) is 2.76. The van der Waals surface area contributed by atoms with Gasteiger partial charge in [-0.2, -0.15) is 0 Å². The third kappa shape index (κ3) is 7.48. The molecule has 1 saturated heterocycles. The second-order valence-electron chi connectivity index (χ2n) is 4.31. The molecule has 0 aliphatic carbocycles. The number of aliphatic hydroxyl groups is 4. The lowest BCUT2D eigenvalue weighted by molar-refractivity contribution is -0.163. The molecule has 0 amide bonds. The summed E-state index contributed by atoms with van der Waals surface area (Å²) in [6, 6.07) is 0. The van der Waals surface area contributed by atoms with Gasteiger partial charge in [-0.1, -0.05) is 6.42 Å². The minimum absolute atomic E-state index is 0.0809. The lowest BCUT2D eigenvalue weighted by Gasteiger charge is -2.21. The fraction of sp³-hybridized carbons (Fsp3) is 0.818. The Morgan fingerprint density at radius 1 is 0.950 bits per heavy atom. The zero-order valence-electron chi connectivity index (χ0n) is 11.0. The van der Waals surface area contributed by atoms with Crippen LogP contribution in [0.1, 0.15) is 19.3 Å². The van der Waals surface area contributed by atoms with E-state index in [0.29, 0.717) is 0 Å². The van der Waals surface area contributed by atoms with Gasteiger partial charge in [0.05, 0.1) is 0 Å². The minimum Gasteiger partial charge on any atom is -0.479 e. The van der Waals surface area contributed by atoms with Crippen molar-refractivity contribution in [1.82, 2.24) is 10.9 Å². The van der Waals surface area contributed by atoms with Gasteiger partial charge in [0.25, 0.3) is 0 Å². The lowest BCUT2D eigenvalue weighted by Crippen LogP contribution is -2.48. The quantitative estimate of drug-likeness (QED) is 0.262. The van der Waals surface area contributed by atoms with Crippen LogP contribution in [-0.4, -0.2) is 75.3 Å². The molecule has 118 valence electrons. The molecule has 20 heavy (non-hydrogen) atoms. The molecule has 1 heterocycles. The second-order valence-corrected chi connectivity index (χ2v) is 4.31. The summed E-state index contributed by atoms with van der Waals surface area (Å²) < 4.78 is 0. The molecular formula is C11H22N2O7. The highest BCUT2D eigenvalue weighted by molar-refractivity contribution is 5.73. The summed E-state index contributed by atoms with van der Waals surface area (Å²) in [6.07, 6.45) is -4.36. The van der Waals surface area contributed by atoms with Crippen LogP contribution in [0.25, 0.3) is 0 Å². The summed E-state index contributed by atoms with van der Waals surface area (Å²) in [4.78, 5) is 20.0. The molecule has 0 aromatic rings. The third-order valence-electron chi connectivity index (χ3n) is 2.64. The van der Waals surface area contributed by atoms with Gasteiger partial charge in [0.1, 0.15) is 18.3 Å². The van der Waals surface area contributed by atoms with Crippen LogP contribution < -0.4 is 10.9 Å². The van der Waals surface area contributed by atoms with Gasteiger partial charge < -0.3 is 30.3 Å². The number of carboxylic acid groups (broad SMARTS) is 1. The van der Waals surface area contributed by atoms with Crippen molar-refractivity contribution in [2.24, 2.45) is 0 Å². The molecule has 0 aromatic carbocycles. The highest BCUT2D eigenvalue weighted by Gasteiger charge is 2.33. The van der Waals surface area contributed by atoms with E-state index in [2.05, 4.69) is 10.9 Å². The van der Waals surface area contributed by atoms with Gasteiger partial charge in [0.2, 0.25) is 0 Å². The van der Waals surface area contributed by atoms with Crippen LogP contribution in [0.3, 0.4) is 0 Å². The van der Waals surface area contributed by atoms with E-state index in [-0.39, 0.29) is 6.29 Å². The number of aliphatic hydroxyl groups excluding tert-OH is 4. The monoisotopic (exact) mass is 294 g/mol. The zero-order chi connectivity index (χ0) is 15.5. The van der Waals surface area contributed by atoms with E-state index in [1.165, 1.54) is 19.3 Å². The van der Waals surface area contributed by atoms with Crippen LogP contribution in [0.15, 0.2) is 0 Å². The Bertz CT molecular complexity index is 270. The molecule has 0 saturated carbocycles. The first-order chi connectivity index (χ1) is 9.41. The van der Waals surface area contributed by atoms with Crippen molar-refractivity contribution < 1.29 is 35.1 Å². The smallest absolute Gasteiger partial charge is 0.335 e. The van der Waals surface area contributed by atoms with Crippen molar-refractivity contribution >= 4 is 12.3 Å². The maximum atomic E-state index is 10.1. The third-order valence-corrected chi connectivity index (χ3v) is 2.64. The van der Waals surface area contributed by atoms with Gasteiger partial charge in [-0.15, -0.1) is 0 Å². The number of carboxylic acids is 1. The van der Waals surface area contributed by atoms with Crippen molar-refractivity contribution in [3.05, 3.63) is 0 Å². The number of aliphatic carboxylic acids is 1. The van der Waals surface area contributed by atoms with Crippen LogP contribution in [0.5, 0.6) is 0 Å². The minimum atomic E-state index is -2.25. The molecule has 1 rings (SSSR count). The number of aldehydes is 1. The summed E-state index contributed by atoms with van der Waals surface area (Å²) in [6.45, 7) is 2.28. The molecule has 1 fully saturated rings. The Morgan fingerprint density at radius 2 is 1.45 bits per heavy atom. The summed E-state index contributed by atoms with van der Waals surface area (Å²) >= 11 is 0.